The van der Waals surface area contributed by atoms with Gasteiger partial charge < -0.3 is 0 Å². The van der Waals surface area contributed by atoms with Gasteiger partial charge in [0.15, 0.2) is 11.6 Å². The van der Waals surface area contributed by atoms with Crippen LogP contribution in [0.15, 0.2) is 60.7 Å². The van der Waals surface area contributed by atoms with Crippen LogP contribution in [0.25, 0.3) is 22.3 Å². The Morgan fingerprint density at radius 1 is 0.714 bits per heavy atom. The van der Waals surface area contributed by atoms with E-state index in [4.69, 9.17) is 0 Å². The first kappa shape index (κ1) is 19.8. The van der Waals surface area contributed by atoms with E-state index in [1.165, 1.54) is 18.4 Å². The van der Waals surface area contributed by atoms with Gasteiger partial charge in [-0.2, -0.15) is 0 Å². The first-order valence-electron chi connectivity index (χ1n) is 9.74. The van der Waals surface area contributed by atoms with Gasteiger partial charge in [0, 0.05) is 16.7 Å². The Balaban J connectivity index is 1.86. The third kappa shape index (κ3) is 4.49. The smallest absolute Gasteiger partial charge is 0.167 e. The summed E-state index contributed by atoms with van der Waals surface area (Å²) in [7, 11) is 0. The van der Waals surface area contributed by atoms with Crippen LogP contribution >= 0.6 is 0 Å². The molecular formula is C26H24F2. The zero-order valence-corrected chi connectivity index (χ0v) is 16.4. The Bertz CT molecular complexity index is 988. The van der Waals surface area contributed by atoms with E-state index in [1.807, 2.05) is 36.4 Å². The predicted octanol–water partition coefficient (Wildman–Crippen LogP) is 7.40. The van der Waals surface area contributed by atoms with Crippen molar-refractivity contribution in [1.82, 2.24) is 0 Å². The minimum Gasteiger partial charge on any atom is -0.203 e. The molecule has 0 saturated heterocycles. The average molecular weight is 374 g/mol. The molecule has 0 aliphatic heterocycles. The van der Waals surface area contributed by atoms with Crippen molar-refractivity contribution < 1.29 is 8.78 Å². The molecule has 0 amide bonds. The molecule has 0 aliphatic carbocycles. The van der Waals surface area contributed by atoms with Gasteiger partial charge in [0.25, 0.3) is 0 Å². The maximum absolute atomic E-state index is 14.8. The van der Waals surface area contributed by atoms with E-state index in [2.05, 4.69) is 18.8 Å². The molecule has 0 N–H and O–H groups in total. The molecule has 0 radical (unpaired) electrons. The number of halogens is 2. The molecule has 0 saturated carbocycles. The quantitative estimate of drug-likeness (QED) is 0.311. The normalized spacial score (nSPS) is 10.4. The maximum Gasteiger partial charge on any atom is 0.167 e. The Kier molecular flexibility index (Phi) is 6.61. The van der Waals surface area contributed by atoms with Crippen molar-refractivity contribution in [2.45, 2.75) is 39.5 Å². The van der Waals surface area contributed by atoms with Crippen LogP contribution in [0, 0.1) is 23.5 Å². The second-order valence-corrected chi connectivity index (χ2v) is 6.90. The lowest BCUT2D eigenvalue weighted by Gasteiger charge is -2.10. The van der Waals surface area contributed by atoms with Crippen LogP contribution in [0.1, 0.15) is 44.2 Å². The van der Waals surface area contributed by atoms with E-state index >= 15 is 0 Å². The van der Waals surface area contributed by atoms with Gasteiger partial charge in [0.05, 0.1) is 0 Å². The minimum absolute atomic E-state index is 0.258. The highest BCUT2D eigenvalue weighted by atomic mass is 19.2. The maximum atomic E-state index is 14.8. The van der Waals surface area contributed by atoms with Crippen molar-refractivity contribution in [1.29, 1.82) is 0 Å². The van der Waals surface area contributed by atoms with Crippen molar-refractivity contribution in [3.05, 3.63) is 83.4 Å². The Morgan fingerprint density at radius 2 is 1.25 bits per heavy atom. The molecule has 0 spiro atoms. The molecule has 0 nitrogen and oxygen atoms in total. The van der Waals surface area contributed by atoms with Crippen LogP contribution in [0.3, 0.4) is 0 Å². The van der Waals surface area contributed by atoms with E-state index in [0.717, 1.165) is 18.4 Å². The van der Waals surface area contributed by atoms with Gasteiger partial charge in [-0.15, -0.1) is 5.92 Å². The lowest BCUT2D eigenvalue weighted by atomic mass is 9.97. The lowest BCUT2D eigenvalue weighted by Crippen LogP contribution is -1.94. The minimum atomic E-state index is -0.821. The molecule has 0 bridgehead atoms. The van der Waals surface area contributed by atoms with Crippen LogP contribution in [-0.4, -0.2) is 0 Å². The molecule has 0 atom stereocenters. The summed E-state index contributed by atoms with van der Waals surface area (Å²) in [5.74, 6) is 4.14. The zero-order chi connectivity index (χ0) is 19.9. The summed E-state index contributed by atoms with van der Waals surface area (Å²) in [6.45, 7) is 3.94. The third-order valence-electron chi connectivity index (χ3n) is 4.88. The van der Waals surface area contributed by atoms with E-state index in [9.17, 15) is 8.78 Å². The standard InChI is InChI=1S/C26H24F2/c1-3-5-6-8-20-11-15-22(16-12-20)24-18-17-23(25(27)26(24)28)21-13-9-19(7-4-2)10-14-21/h9-18H,3,5-6,8H2,1-2H3. The number of aryl methyl sites for hydroxylation is 1. The molecule has 142 valence electrons. The molecule has 2 heteroatoms. The van der Waals surface area contributed by atoms with Crippen molar-refractivity contribution in [3.63, 3.8) is 0 Å². The zero-order valence-electron chi connectivity index (χ0n) is 16.4. The van der Waals surface area contributed by atoms with Crippen LogP contribution in [-0.2, 0) is 6.42 Å². The molecule has 0 aliphatic rings. The number of hydrogen-bond donors (Lipinski definition) is 0. The Morgan fingerprint density at radius 3 is 1.75 bits per heavy atom. The van der Waals surface area contributed by atoms with Crippen molar-refractivity contribution >= 4 is 0 Å². The van der Waals surface area contributed by atoms with E-state index in [-0.39, 0.29) is 11.1 Å². The molecular weight excluding hydrogens is 350 g/mol. The molecule has 3 aromatic rings. The molecule has 3 aromatic carbocycles. The number of unbranched alkanes of at least 4 members (excludes halogenated alkanes) is 2. The lowest BCUT2D eigenvalue weighted by molar-refractivity contribution is 0.514. The third-order valence-corrected chi connectivity index (χ3v) is 4.88. The molecule has 28 heavy (non-hydrogen) atoms. The molecule has 0 heterocycles. The first-order chi connectivity index (χ1) is 13.6. The fourth-order valence-electron chi connectivity index (χ4n) is 3.30. The average Bonchev–Trinajstić information content (AvgIpc) is 2.72. The second kappa shape index (κ2) is 9.33. The topological polar surface area (TPSA) is 0 Å². The van der Waals surface area contributed by atoms with E-state index < -0.39 is 11.6 Å². The van der Waals surface area contributed by atoms with Crippen LogP contribution in [0.4, 0.5) is 8.78 Å². The summed E-state index contributed by atoms with van der Waals surface area (Å²) in [5.41, 5.74) is 3.95. The summed E-state index contributed by atoms with van der Waals surface area (Å²) >= 11 is 0. The Labute approximate surface area is 166 Å². The summed E-state index contributed by atoms with van der Waals surface area (Å²) in [4.78, 5) is 0. The van der Waals surface area contributed by atoms with Gasteiger partial charge in [0.2, 0.25) is 0 Å². The summed E-state index contributed by atoms with van der Waals surface area (Å²) < 4.78 is 29.5. The summed E-state index contributed by atoms with van der Waals surface area (Å²) in [5, 5.41) is 0. The monoisotopic (exact) mass is 374 g/mol. The number of hydrogen-bond acceptors (Lipinski definition) is 0. The molecule has 3 rings (SSSR count). The first-order valence-corrected chi connectivity index (χ1v) is 9.74. The highest BCUT2D eigenvalue weighted by Gasteiger charge is 2.16. The van der Waals surface area contributed by atoms with Crippen LogP contribution < -0.4 is 0 Å². The van der Waals surface area contributed by atoms with E-state index in [1.54, 1.807) is 31.2 Å². The van der Waals surface area contributed by atoms with Crippen molar-refractivity contribution in [2.75, 3.05) is 0 Å². The molecule has 0 fully saturated rings. The number of rotatable bonds is 6. The van der Waals surface area contributed by atoms with Gasteiger partial charge in [-0.05, 0) is 48.6 Å². The molecule has 0 unspecified atom stereocenters. The van der Waals surface area contributed by atoms with Gasteiger partial charge in [-0.1, -0.05) is 74.2 Å². The fourth-order valence-corrected chi connectivity index (χ4v) is 3.30. The summed E-state index contributed by atoms with van der Waals surface area (Å²) in [6, 6.07) is 18.2. The van der Waals surface area contributed by atoms with Crippen molar-refractivity contribution in [2.24, 2.45) is 0 Å². The highest BCUT2D eigenvalue weighted by molar-refractivity contribution is 5.72. The Hall–Kier alpha value is -2.92. The van der Waals surface area contributed by atoms with Crippen LogP contribution in [0.5, 0.6) is 0 Å². The van der Waals surface area contributed by atoms with Crippen LogP contribution in [0.2, 0.25) is 0 Å². The number of benzene rings is 3. The molecule has 0 aromatic heterocycles. The van der Waals surface area contributed by atoms with Gasteiger partial charge >= 0.3 is 0 Å². The summed E-state index contributed by atoms with van der Waals surface area (Å²) in [6.07, 6.45) is 4.55. The van der Waals surface area contributed by atoms with E-state index in [0.29, 0.717) is 11.1 Å². The van der Waals surface area contributed by atoms with Crippen molar-refractivity contribution in [3.8, 4) is 34.1 Å². The highest BCUT2D eigenvalue weighted by Crippen LogP contribution is 2.31. The fraction of sp³-hybridized carbons (Fsp3) is 0.231. The largest absolute Gasteiger partial charge is 0.203 e. The SMILES string of the molecule is CC#Cc1ccc(-c2ccc(-c3ccc(CCCCC)cc3)c(F)c2F)cc1. The van der Waals surface area contributed by atoms with Gasteiger partial charge in [-0.25, -0.2) is 8.78 Å². The second-order valence-electron chi connectivity index (χ2n) is 6.90. The van der Waals surface area contributed by atoms with Gasteiger partial charge in [-0.3, -0.25) is 0 Å². The predicted molar refractivity (Wildman–Crippen MR) is 113 cm³/mol. The van der Waals surface area contributed by atoms with Gasteiger partial charge in [0.1, 0.15) is 0 Å².